The molecule has 8 heteroatoms. The summed E-state index contributed by atoms with van der Waals surface area (Å²) < 4.78 is 41.9. The second-order valence-corrected chi connectivity index (χ2v) is 9.29. The fourth-order valence-electron chi connectivity index (χ4n) is 3.50. The Kier molecular flexibility index (Phi) is 5.60. The maximum absolute atomic E-state index is 14.0. The summed E-state index contributed by atoms with van der Waals surface area (Å²) in [6.45, 7) is 0.0382. The van der Waals surface area contributed by atoms with Crippen LogP contribution in [0.2, 0.25) is 5.02 Å². The maximum atomic E-state index is 14.0. The normalized spacial score (nSPS) is 16.7. The summed E-state index contributed by atoms with van der Waals surface area (Å²) in [6, 6.07) is 17.9. The van der Waals surface area contributed by atoms with Crippen LogP contribution in [0, 0.1) is 5.82 Å². The molecule has 0 fully saturated rings. The van der Waals surface area contributed by atoms with E-state index in [0.29, 0.717) is 5.02 Å². The first-order valence-electron chi connectivity index (χ1n) is 9.26. The summed E-state index contributed by atoms with van der Waals surface area (Å²) in [7, 11) is -4.00. The molecule has 3 aromatic carbocycles. The number of halogens is 2. The summed E-state index contributed by atoms with van der Waals surface area (Å²) in [6.07, 6.45) is 0.184. The van der Waals surface area contributed by atoms with Crippen LogP contribution in [0.5, 0.6) is 0 Å². The van der Waals surface area contributed by atoms with Crippen molar-refractivity contribution in [1.82, 2.24) is 4.31 Å². The van der Waals surface area contributed by atoms with E-state index in [-0.39, 0.29) is 23.5 Å². The Morgan fingerprint density at radius 3 is 2.30 bits per heavy atom. The molecule has 154 valence electrons. The van der Waals surface area contributed by atoms with Gasteiger partial charge in [-0.3, -0.25) is 4.79 Å². The number of anilines is 1. The first kappa shape index (κ1) is 20.5. The molecule has 1 heterocycles. The third-order valence-corrected chi connectivity index (χ3v) is 7.18. The minimum atomic E-state index is -4.00. The molecular formula is C22H18ClFN2O3S. The predicted molar refractivity (Wildman–Crippen MR) is 113 cm³/mol. The lowest BCUT2D eigenvalue weighted by Gasteiger charge is -2.35. The number of hydrogen-bond acceptors (Lipinski definition) is 3. The molecule has 1 atom stereocenters. The Bertz CT molecular complexity index is 1200. The Morgan fingerprint density at radius 2 is 1.60 bits per heavy atom. The number of rotatable bonds is 4. The van der Waals surface area contributed by atoms with E-state index in [0.717, 1.165) is 15.4 Å². The lowest BCUT2D eigenvalue weighted by molar-refractivity contribution is -0.120. The molecule has 1 aliphatic rings. The topological polar surface area (TPSA) is 66.5 Å². The second-order valence-electron chi connectivity index (χ2n) is 6.96. The van der Waals surface area contributed by atoms with Crippen molar-refractivity contribution >= 4 is 33.2 Å². The van der Waals surface area contributed by atoms with Crippen LogP contribution in [0.15, 0.2) is 77.7 Å². The molecule has 1 N–H and O–H groups in total. The van der Waals surface area contributed by atoms with Crippen molar-refractivity contribution in [3.63, 3.8) is 0 Å². The summed E-state index contributed by atoms with van der Waals surface area (Å²) in [5.41, 5.74) is 1.71. The third-order valence-electron chi connectivity index (χ3n) is 5.06. The highest BCUT2D eigenvalue weighted by Gasteiger charge is 2.39. The molecule has 0 unspecified atom stereocenters. The van der Waals surface area contributed by atoms with Gasteiger partial charge >= 0.3 is 0 Å². The highest BCUT2D eigenvalue weighted by Crippen LogP contribution is 2.30. The van der Waals surface area contributed by atoms with Gasteiger partial charge in [0.15, 0.2) is 0 Å². The Balaban J connectivity index is 1.73. The predicted octanol–water partition coefficient (Wildman–Crippen LogP) is 4.23. The van der Waals surface area contributed by atoms with Crippen LogP contribution in [0.4, 0.5) is 10.1 Å². The quantitative estimate of drug-likeness (QED) is 0.654. The van der Waals surface area contributed by atoms with Gasteiger partial charge in [-0.05, 0) is 53.9 Å². The second kappa shape index (κ2) is 8.18. The summed E-state index contributed by atoms with van der Waals surface area (Å²) >= 11 is 5.89. The fourth-order valence-corrected chi connectivity index (χ4v) is 5.19. The SMILES string of the molecule is O=C(Nc1ccccc1F)[C@@H]1Cc2ccccc2CN1S(=O)(=O)c1ccc(Cl)cc1. The molecule has 30 heavy (non-hydrogen) atoms. The van der Waals surface area contributed by atoms with Gasteiger partial charge in [-0.15, -0.1) is 0 Å². The van der Waals surface area contributed by atoms with E-state index in [9.17, 15) is 17.6 Å². The van der Waals surface area contributed by atoms with Gasteiger partial charge in [-0.25, -0.2) is 12.8 Å². The molecule has 0 saturated heterocycles. The van der Waals surface area contributed by atoms with E-state index in [2.05, 4.69) is 5.32 Å². The first-order valence-corrected chi connectivity index (χ1v) is 11.1. The van der Waals surface area contributed by atoms with Gasteiger partial charge in [-0.1, -0.05) is 48.0 Å². The lowest BCUT2D eigenvalue weighted by Crippen LogP contribution is -2.50. The lowest BCUT2D eigenvalue weighted by atomic mass is 9.95. The molecule has 3 aromatic rings. The van der Waals surface area contributed by atoms with Crippen molar-refractivity contribution in [2.75, 3.05) is 5.32 Å². The third kappa shape index (κ3) is 3.96. The number of amides is 1. The van der Waals surface area contributed by atoms with Gasteiger partial charge < -0.3 is 5.32 Å². The molecule has 1 aliphatic heterocycles. The first-order chi connectivity index (χ1) is 14.4. The zero-order valence-electron chi connectivity index (χ0n) is 15.8. The minimum Gasteiger partial charge on any atom is -0.322 e. The van der Waals surface area contributed by atoms with Gasteiger partial charge in [0.1, 0.15) is 11.9 Å². The van der Waals surface area contributed by atoms with E-state index in [1.807, 2.05) is 24.3 Å². The average molecular weight is 445 g/mol. The van der Waals surface area contributed by atoms with Crippen LogP contribution in [-0.2, 0) is 27.8 Å². The van der Waals surface area contributed by atoms with Crippen molar-refractivity contribution in [2.45, 2.75) is 23.9 Å². The van der Waals surface area contributed by atoms with Crippen LogP contribution < -0.4 is 5.32 Å². The van der Waals surface area contributed by atoms with E-state index < -0.39 is 27.8 Å². The van der Waals surface area contributed by atoms with Crippen molar-refractivity contribution in [3.05, 3.63) is 94.8 Å². The molecule has 5 nitrogen and oxygen atoms in total. The molecule has 0 aliphatic carbocycles. The van der Waals surface area contributed by atoms with E-state index in [1.165, 1.54) is 42.5 Å². The number of benzene rings is 3. The van der Waals surface area contributed by atoms with E-state index >= 15 is 0 Å². The maximum Gasteiger partial charge on any atom is 0.244 e. The number of carbonyl (C=O) groups is 1. The van der Waals surface area contributed by atoms with Crippen LogP contribution in [0.1, 0.15) is 11.1 Å². The van der Waals surface area contributed by atoms with Crippen molar-refractivity contribution in [3.8, 4) is 0 Å². The smallest absolute Gasteiger partial charge is 0.244 e. The van der Waals surface area contributed by atoms with E-state index in [1.54, 1.807) is 6.07 Å². The summed E-state index contributed by atoms with van der Waals surface area (Å²) in [5, 5.41) is 2.94. The van der Waals surface area contributed by atoms with Crippen LogP contribution >= 0.6 is 11.6 Å². The van der Waals surface area contributed by atoms with Crippen molar-refractivity contribution < 1.29 is 17.6 Å². The molecule has 4 rings (SSSR count). The molecule has 0 bridgehead atoms. The summed E-state index contributed by atoms with van der Waals surface area (Å²) in [5.74, 6) is -1.18. The number of nitrogens with one attached hydrogen (secondary N) is 1. The molecule has 0 saturated carbocycles. The molecule has 0 aromatic heterocycles. The van der Waals surface area contributed by atoms with Gasteiger partial charge in [0.05, 0.1) is 10.6 Å². The Morgan fingerprint density at radius 1 is 0.967 bits per heavy atom. The number of fused-ring (bicyclic) bond motifs is 1. The number of sulfonamides is 1. The minimum absolute atomic E-state index is 0.00481. The van der Waals surface area contributed by atoms with Crippen molar-refractivity contribution in [2.24, 2.45) is 0 Å². The highest BCUT2D eigenvalue weighted by molar-refractivity contribution is 7.89. The number of carbonyl (C=O) groups excluding carboxylic acids is 1. The number of para-hydroxylation sites is 1. The molecular weight excluding hydrogens is 427 g/mol. The van der Waals surface area contributed by atoms with Gasteiger partial charge in [0.2, 0.25) is 15.9 Å². The van der Waals surface area contributed by atoms with Gasteiger partial charge in [-0.2, -0.15) is 4.31 Å². The zero-order chi connectivity index (χ0) is 21.3. The fraction of sp³-hybridized carbons (Fsp3) is 0.136. The van der Waals surface area contributed by atoms with Crippen LogP contribution in [-0.4, -0.2) is 24.7 Å². The highest BCUT2D eigenvalue weighted by atomic mass is 35.5. The van der Waals surface area contributed by atoms with Crippen molar-refractivity contribution in [1.29, 1.82) is 0 Å². The van der Waals surface area contributed by atoms with Gasteiger partial charge in [0.25, 0.3) is 0 Å². The average Bonchev–Trinajstić information content (AvgIpc) is 2.74. The standard InChI is InChI=1S/C22H18ClFN2O3S/c23-17-9-11-18(12-10-17)30(28,29)26-14-16-6-2-1-5-15(16)13-21(26)22(27)25-20-8-4-3-7-19(20)24/h1-12,21H,13-14H2,(H,25,27)/t21-/m0/s1. The van der Waals surface area contributed by atoms with Gasteiger partial charge in [0, 0.05) is 11.6 Å². The van der Waals surface area contributed by atoms with E-state index in [4.69, 9.17) is 11.6 Å². The molecule has 0 spiro atoms. The molecule has 0 radical (unpaired) electrons. The molecule has 1 amide bonds. The number of hydrogen-bond donors (Lipinski definition) is 1. The zero-order valence-corrected chi connectivity index (χ0v) is 17.3. The van der Waals surface area contributed by atoms with Crippen LogP contribution in [0.3, 0.4) is 0 Å². The Labute approximate surface area is 179 Å². The monoisotopic (exact) mass is 444 g/mol. The number of nitrogens with zero attached hydrogens (tertiary/aromatic N) is 1. The summed E-state index contributed by atoms with van der Waals surface area (Å²) in [4.78, 5) is 13.1. The Hall–Kier alpha value is -2.74. The largest absolute Gasteiger partial charge is 0.322 e. The van der Waals surface area contributed by atoms with Crippen LogP contribution in [0.25, 0.3) is 0 Å².